The molecule has 0 aromatic heterocycles. The molecule has 0 aliphatic heterocycles. The van der Waals surface area contributed by atoms with Gasteiger partial charge in [-0.3, -0.25) is 29.3 Å². The Bertz CT molecular complexity index is 867. The van der Waals surface area contributed by atoms with Crippen LogP contribution in [0.5, 0.6) is 0 Å². The van der Waals surface area contributed by atoms with Crippen molar-refractivity contribution >= 4 is 41.8 Å². The Balaban J connectivity index is 5.74. The van der Waals surface area contributed by atoms with E-state index < -0.39 is 78.4 Å². The van der Waals surface area contributed by atoms with E-state index in [1.165, 1.54) is 0 Å². The molecule has 3 atom stereocenters. The third-order valence-electron chi connectivity index (χ3n) is 4.42. The van der Waals surface area contributed by atoms with Gasteiger partial charge in [-0.05, 0) is 39.5 Å². The summed E-state index contributed by atoms with van der Waals surface area (Å²) in [5.74, 6) is -5.90. The fourth-order valence-electron chi connectivity index (χ4n) is 2.86. The van der Waals surface area contributed by atoms with Crippen molar-refractivity contribution < 1.29 is 53.2 Å². The summed E-state index contributed by atoms with van der Waals surface area (Å²) in [7, 11) is 1.03. The van der Waals surface area contributed by atoms with Crippen LogP contribution in [-0.2, 0) is 33.4 Å². The average Bonchev–Trinajstić information content (AvgIpc) is 2.73. The number of hydrogen-bond acceptors (Lipinski definition) is 9. The number of hydrogen-bond donors (Lipinski definition) is 6. The van der Waals surface area contributed by atoms with E-state index in [4.69, 9.17) is 9.84 Å². The summed E-state index contributed by atoms with van der Waals surface area (Å²) >= 11 is 0. The Morgan fingerprint density at radius 2 is 1.30 bits per heavy atom. The highest BCUT2D eigenvalue weighted by atomic mass is 16.6. The molecule has 0 heterocycles. The Morgan fingerprint density at radius 1 is 0.757 bits per heavy atom. The summed E-state index contributed by atoms with van der Waals surface area (Å²) < 4.78 is 9.42. The fourth-order valence-corrected chi connectivity index (χ4v) is 2.86. The van der Waals surface area contributed by atoms with E-state index in [1.54, 1.807) is 34.6 Å². The van der Waals surface area contributed by atoms with Crippen molar-refractivity contribution in [2.24, 2.45) is 5.92 Å². The molecule has 0 aromatic rings. The van der Waals surface area contributed by atoms with Gasteiger partial charge < -0.3 is 35.6 Å². The number of aliphatic carboxylic acids is 2. The highest BCUT2D eigenvalue weighted by Crippen LogP contribution is 2.09. The molecule has 1 unspecified atom stereocenters. The number of carbonyl (C=O) groups is 7. The Morgan fingerprint density at radius 3 is 1.76 bits per heavy atom. The number of carboxylic acids is 2. The highest BCUT2D eigenvalue weighted by Gasteiger charge is 2.32. The van der Waals surface area contributed by atoms with E-state index in [2.05, 4.69) is 20.7 Å². The van der Waals surface area contributed by atoms with Crippen molar-refractivity contribution in [2.75, 3.05) is 7.11 Å². The molecular weight excluding hydrogens is 496 g/mol. The lowest BCUT2D eigenvalue weighted by atomic mass is 10.0. The number of amides is 5. The first-order valence-corrected chi connectivity index (χ1v) is 11.4. The van der Waals surface area contributed by atoms with Crippen LogP contribution < -0.4 is 21.3 Å². The lowest BCUT2D eigenvalue weighted by Crippen LogP contribution is -2.57. The monoisotopic (exact) mass is 532 g/mol. The maximum Gasteiger partial charge on any atom is 0.413 e. The lowest BCUT2D eigenvalue weighted by molar-refractivity contribution is -0.141. The molecule has 0 fully saturated rings. The van der Waals surface area contributed by atoms with Crippen LogP contribution in [0.2, 0.25) is 0 Å². The first-order chi connectivity index (χ1) is 16.9. The molecule has 0 aliphatic rings. The standard InChI is InChI=1S/C22H36N4O11/c1-11(2)9-13(19(33)26-20(34)36-6)23-18(32)14(10-16(29)30)24-17(31)12(7-8-15(27)28)25-21(35)37-22(3,4)5/h11-14H,7-10H2,1-6H3,(H,23,32)(H,24,31)(H,25,35)(H,27,28)(H,29,30)(H,26,33,34)/t12?,13-,14-/m0/s1. The number of carbonyl (C=O) groups excluding carboxylic acids is 5. The van der Waals surface area contributed by atoms with Gasteiger partial charge in [-0.15, -0.1) is 0 Å². The minimum Gasteiger partial charge on any atom is -0.481 e. The van der Waals surface area contributed by atoms with E-state index >= 15 is 0 Å². The summed E-state index contributed by atoms with van der Waals surface area (Å²) in [5, 5.41) is 26.8. The van der Waals surface area contributed by atoms with Crippen LogP contribution in [0.3, 0.4) is 0 Å². The van der Waals surface area contributed by atoms with Gasteiger partial charge in [-0.25, -0.2) is 9.59 Å². The molecular formula is C22H36N4O11. The molecule has 0 spiro atoms. The summed E-state index contributed by atoms with van der Waals surface area (Å²) in [4.78, 5) is 84.0. The maximum absolute atomic E-state index is 12.9. The number of rotatable bonds is 13. The molecule has 6 N–H and O–H groups in total. The molecule has 37 heavy (non-hydrogen) atoms. The van der Waals surface area contributed by atoms with Crippen molar-refractivity contribution in [1.82, 2.24) is 21.3 Å². The largest absolute Gasteiger partial charge is 0.481 e. The number of methoxy groups -OCH3 is 1. The fraction of sp³-hybridized carbons (Fsp3) is 0.682. The van der Waals surface area contributed by atoms with Crippen molar-refractivity contribution in [2.45, 2.75) is 84.0 Å². The smallest absolute Gasteiger partial charge is 0.413 e. The lowest BCUT2D eigenvalue weighted by Gasteiger charge is -2.26. The minimum atomic E-state index is -1.71. The predicted octanol–water partition coefficient (Wildman–Crippen LogP) is 0.118. The molecule has 5 amide bonds. The van der Waals surface area contributed by atoms with Gasteiger partial charge in [0.15, 0.2) is 0 Å². The summed E-state index contributed by atoms with van der Waals surface area (Å²) in [6.45, 7) is 8.16. The van der Waals surface area contributed by atoms with E-state index in [9.17, 15) is 38.7 Å². The first kappa shape index (κ1) is 33.1. The van der Waals surface area contributed by atoms with Crippen molar-refractivity contribution in [3.8, 4) is 0 Å². The topological polar surface area (TPSA) is 227 Å². The summed E-state index contributed by atoms with van der Waals surface area (Å²) in [5.41, 5.74) is -0.931. The Kier molecular flexibility index (Phi) is 13.6. The van der Waals surface area contributed by atoms with Gasteiger partial charge in [0.05, 0.1) is 13.5 Å². The van der Waals surface area contributed by atoms with Gasteiger partial charge in [0, 0.05) is 6.42 Å². The third-order valence-corrected chi connectivity index (χ3v) is 4.42. The molecule has 0 rings (SSSR count). The summed E-state index contributed by atoms with van der Waals surface area (Å²) in [6.07, 6.45) is -3.87. The number of carboxylic acid groups (broad SMARTS) is 2. The third kappa shape index (κ3) is 14.9. The molecule has 0 aliphatic carbocycles. The molecule has 0 saturated heterocycles. The van der Waals surface area contributed by atoms with Crippen LogP contribution in [0.15, 0.2) is 0 Å². The van der Waals surface area contributed by atoms with E-state index in [0.29, 0.717) is 0 Å². The van der Waals surface area contributed by atoms with Gasteiger partial charge in [-0.2, -0.15) is 0 Å². The van der Waals surface area contributed by atoms with Gasteiger partial charge in [0.1, 0.15) is 23.7 Å². The molecule has 0 bridgehead atoms. The number of nitrogens with one attached hydrogen (secondary N) is 4. The summed E-state index contributed by atoms with van der Waals surface area (Å²) in [6, 6.07) is -4.47. The van der Waals surface area contributed by atoms with E-state index in [1.807, 2.05) is 5.32 Å². The van der Waals surface area contributed by atoms with Crippen molar-refractivity contribution in [1.29, 1.82) is 0 Å². The van der Waals surface area contributed by atoms with Crippen LogP contribution in [0.25, 0.3) is 0 Å². The van der Waals surface area contributed by atoms with Crippen LogP contribution >= 0.6 is 0 Å². The second kappa shape index (κ2) is 15.3. The average molecular weight is 533 g/mol. The maximum atomic E-state index is 12.9. The van der Waals surface area contributed by atoms with Gasteiger partial charge >= 0.3 is 24.1 Å². The molecule has 0 saturated carbocycles. The quantitative estimate of drug-likeness (QED) is 0.187. The molecule has 210 valence electrons. The molecule has 15 heteroatoms. The molecule has 15 nitrogen and oxygen atoms in total. The van der Waals surface area contributed by atoms with Crippen molar-refractivity contribution in [3.05, 3.63) is 0 Å². The molecule has 0 aromatic carbocycles. The first-order valence-electron chi connectivity index (χ1n) is 11.4. The van der Waals surface area contributed by atoms with E-state index in [-0.39, 0.29) is 18.8 Å². The normalized spacial score (nSPS) is 13.4. The zero-order valence-electron chi connectivity index (χ0n) is 21.7. The van der Waals surface area contributed by atoms with Gasteiger partial charge in [-0.1, -0.05) is 13.8 Å². The van der Waals surface area contributed by atoms with Crippen LogP contribution in [0.4, 0.5) is 9.59 Å². The second-order valence-corrected chi connectivity index (χ2v) is 9.46. The predicted molar refractivity (Wildman–Crippen MR) is 126 cm³/mol. The Labute approximate surface area is 214 Å². The minimum absolute atomic E-state index is 0.0593. The zero-order chi connectivity index (χ0) is 28.9. The number of imide groups is 1. The second-order valence-electron chi connectivity index (χ2n) is 9.46. The SMILES string of the molecule is COC(=O)NC(=O)[C@H](CC(C)C)NC(=O)[C@H](CC(=O)O)NC(=O)C(CCC(=O)O)NC(=O)OC(C)(C)C. The van der Waals surface area contributed by atoms with Crippen LogP contribution in [0, 0.1) is 5.92 Å². The van der Waals surface area contributed by atoms with Crippen LogP contribution in [-0.4, -0.2) is 82.9 Å². The number of ether oxygens (including phenoxy) is 2. The Hall–Kier alpha value is -3.91. The highest BCUT2D eigenvalue weighted by molar-refractivity contribution is 5.99. The number of alkyl carbamates (subject to hydrolysis) is 2. The zero-order valence-corrected chi connectivity index (χ0v) is 21.7. The molecule has 0 radical (unpaired) electrons. The van der Waals surface area contributed by atoms with E-state index in [0.717, 1.165) is 7.11 Å². The van der Waals surface area contributed by atoms with Crippen molar-refractivity contribution in [3.63, 3.8) is 0 Å². The van der Waals surface area contributed by atoms with Gasteiger partial charge in [0.2, 0.25) is 11.8 Å². The van der Waals surface area contributed by atoms with Crippen LogP contribution in [0.1, 0.15) is 60.3 Å². The van der Waals surface area contributed by atoms with Gasteiger partial charge in [0.25, 0.3) is 5.91 Å².